The molecular formula is C12H17N3O3. The van der Waals surface area contributed by atoms with Gasteiger partial charge in [0.05, 0.1) is 12.3 Å². The van der Waals surface area contributed by atoms with E-state index in [9.17, 15) is 9.90 Å². The fraction of sp³-hybridized carbons (Fsp3) is 0.667. The van der Waals surface area contributed by atoms with E-state index in [1.54, 1.807) is 0 Å². The monoisotopic (exact) mass is 251 g/mol. The van der Waals surface area contributed by atoms with Crippen LogP contribution in [0.4, 0.5) is 0 Å². The van der Waals surface area contributed by atoms with Crippen LogP contribution in [0.5, 0.6) is 0 Å². The molecule has 18 heavy (non-hydrogen) atoms. The number of imidazole rings is 1. The topological polar surface area (TPSA) is 90.4 Å². The first-order chi connectivity index (χ1) is 8.66. The molecule has 0 radical (unpaired) electrons. The fourth-order valence-electron chi connectivity index (χ4n) is 2.83. The summed E-state index contributed by atoms with van der Waals surface area (Å²) < 4.78 is 7.38. The zero-order chi connectivity index (χ0) is 12.7. The van der Waals surface area contributed by atoms with E-state index >= 15 is 0 Å². The van der Waals surface area contributed by atoms with Gasteiger partial charge in [0, 0.05) is 25.1 Å². The lowest BCUT2D eigenvalue weighted by Gasteiger charge is -2.23. The highest BCUT2D eigenvalue weighted by molar-refractivity contribution is 5.87. The molecule has 0 amide bonds. The van der Waals surface area contributed by atoms with Gasteiger partial charge in [-0.3, -0.25) is 0 Å². The summed E-state index contributed by atoms with van der Waals surface area (Å²) in [6, 6.07) is 0.0921. The normalized spacial score (nSPS) is 27.2. The largest absolute Gasteiger partial charge is 0.476 e. The fourth-order valence-corrected chi connectivity index (χ4v) is 2.83. The third-order valence-electron chi connectivity index (χ3n) is 3.77. The Morgan fingerprint density at radius 2 is 2.33 bits per heavy atom. The number of fused-ring (bicyclic) bond motifs is 1. The van der Waals surface area contributed by atoms with Gasteiger partial charge < -0.3 is 20.1 Å². The molecule has 6 heteroatoms. The number of carboxylic acid groups (broad SMARTS) is 1. The lowest BCUT2D eigenvalue weighted by Crippen LogP contribution is -2.33. The predicted octanol–water partition coefficient (Wildman–Crippen LogP) is 0.359. The van der Waals surface area contributed by atoms with Crippen LogP contribution in [-0.2, 0) is 17.7 Å². The number of ether oxygens (including phenoxy) is 1. The van der Waals surface area contributed by atoms with Crippen LogP contribution < -0.4 is 5.73 Å². The maximum absolute atomic E-state index is 11.2. The van der Waals surface area contributed by atoms with E-state index in [2.05, 4.69) is 4.98 Å². The maximum Gasteiger partial charge on any atom is 0.356 e. The molecular weight excluding hydrogens is 234 g/mol. The zero-order valence-corrected chi connectivity index (χ0v) is 10.1. The first-order valence-corrected chi connectivity index (χ1v) is 6.32. The first kappa shape index (κ1) is 11.7. The van der Waals surface area contributed by atoms with Gasteiger partial charge in [0.2, 0.25) is 0 Å². The van der Waals surface area contributed by atoms with Crippen LogP contribution in [0.2, 0.25) is 0 Å². The van der Waals surface area contributed by atoms with E-state index in [1.807, 2.05) is 4.57 Å². The van der Waals surface area contributed by atoms with Gasteiger partial charge in [-0.25, -0.2) is 9.78 Å². The summed E-state index contributed by atoms with van der Waals surface area (Å²) in [6.45, 7) is 2.02. The Morgan fingerprint density at radius 3 is 3.00 bits per heavy atom. The van der Waals surface area contributed by atoms with Gasteiger partial charge >= 0.3 is 5.97 Å². The minimum atomic E-state index is -0.945. The van der Waals surface area contributed by atoms with Crippen LogP contribution in [0, 0.1) is 0 Å². The Morgan fingerprint density at radius 1 is 1.50 bits per heavy atom. The van der Waals surface area contributed by atoms with E-state index in [0.29, 0.717) is 19.6 Å². The molecule has 0 saturated carbocycles. The molecule has 2 unspecified atom stereocenters. The van der Waals surface area contributed by atoms with Gasteiger partial charge in [-0.15, -0.1) is 0 Å². The van der Waals surface area contributed by atoms with Crippen molar-refractivity contribution in [1.82, 2.24) is 9.55 Å². The van der Waals surface area contributed by atoms with E-state index in [0.717, 1.165) is 31.0 Å². The summed E-state index contributed by atoms with van der Waals surface area (Å²) in [5.74, 6) is 0.108. The molecule has 2 aliphatic rings. The van der Waals surface area contributed by atoms with Gasteiger partial charge in [0.15, 0.2) is 5.69 Å². The van der Waals surface area contributed by atoms with Crippen LogP contribution in [0.15, 0.2) is 0 Å². The number of hydrogen-bond donors (Lipinski definition) is 2. The standard InChI is InChI=1S/C12H17N3O3/c13-8-1-2-9-10(12(16)17)14-11(15(9)5-8)7-3-4-18-6-7/h7-8H,1-6,13H2,(H,16,17). The molecule has 3 rings (SSSR count). The molecule has 1 fully saturated rings. The molecule has 0 aromatic carbocycles. The Bertz CT molecular complexity index is 477. The van der Waals surface area contributed by atoms with E-state index in [1.165, 1.54) is 0 Å². The highest BCUT2D eigenvalue weighted by Gasteiger charge is 2.31. The summed E-state index contributed by atoms with van der Waals surface area (Å²) >= 11 is 0. The van der Waals surface area contributed by atoms with Crippen molar-refractivity contribution in [3.8, 4) is 0 Å². The Labute approximate surface area is 105 Å². The van der Waals surface area contributed by atoms with Gasteiger partial charge in [0.1, 0.15) is 5.82 Å². The second-order valence-corrected chi connectivity index (χ2v) is 5.04. The van der Waals surface area contributed by atoms with E-state index < -0.39 is 5.97 Å². The minimum Gasteiger partial charge on any atom is -0.476 e. The molecule has 2 aliphatic heterocycles. The number of carboxylic acids is 1. The van der Waals surface area contributed by atoms with Crippen molar-refractivity contribution in [2.45, 2.75) is 37.8 Å². The van der Waals surface area contributed by atoms with Crippen molar-refractivity contribution in [2.24, 2.45) is 5.73 Å². The number of rotatable bonds is 2. The second kappa shape index (κ2) is 4.37. The molecule has 1 saturated heterocycles. The molecule has 3 N–H and O–H groups in total. The zero-order valence-electron chi connectivity index (χ0n) is 10.1. The number of aromatic nitrogens is 2. The Kier molecular flexibility index (Phi) is 2.83. The quantitative estimate of drug-likeness (QED) is 0.792. The van der Waals surface area contributed by atoms with Gasteiger partial charge in [-0.05, 0) is 19.3 Å². The van der Waals surface area contributed by atoms with Gasteiger partial charge in [-0.2, -0.15) is 0 Å². The van der Waals surface area contributed by atoms with Crippen molar-refractivity contribution in [1.29, 1.82) is 0 Å². The third kappa shape index (κ3) is 1.81. The average Bonchev–Trinajstić information content (AvgIpc) is 2.93. The molecule has 0 aliphatic carbocycles. The summed E-state index contributed by atoms with van der Waals surface area (Å²) in [7, 11) is 0. The second-order valence-electron chi connectivity index (χ2n) is 5.04. The molecule has 3 heterocycles. The van der Waals surface area contributed by atoms with Crippen LogP contribution >= 0.6 is 0 Å². The number of carbonyl (C=O) groups is 1. The van der Waals surface area contributed by atoms with Crippen molar-refractivity contribution >= 4 is 5.97 Å². The van der Waals surface area contributed by atoms with E-state index in [4.69, 9.17) is 10.5 Å². The molecule has 1 aromatic heterocycles. The smallest absolute Gasteiger partial charge is 0.356 e. The molecule has 0 spiro atoms. The summed E-state index contributed by atoms with van der Waals surface area (Å²) in [6.07, 6.45) is 2.43. The van der Waals surface area contributed by atoms with Crippen molar-refractivity contribution in [2.75, 3.05) is 13.2 Å². The van der Waals surface area contributed by atoms with Crippen LogP contribution in [-0.4, -0.2) is 39.9 Å². The summed E-state index contributed by atoms with van der Waals surface area (Å²) in [4.78, 5) is 15.6. The van der Waals surface area contributed by atoms with Crippen LogP contribution in [0.3, 0.4) is 0 Å². The van der Waals surface area contributed by atoms with Crippen molar-refractivity contribution < 1.29 is 14.6 Å². The average molecular weight is 251 g/mol. The number of nitrogens with two attached hydrogens (primary N) is 1. The first-order valence-electron chi connectivity index (χ1n) is 6.32. The van der Waals surface area contributed by atoms with Crippen molar-refractivity contribution in [3.63, 3.8) is 0 Å². The number of nitrogens with zero attached hydrogens (tertiary/aromatic N) is 2. The lowest BCUT2D eigenvalue weighted by atomic mass is 10.0. The molecule has 2 atom stereocenters. The third-order valence-corrected chi connectivity index (χ3v) is 3.77. The number of hydrogen-bond acceptors (Lipinski definition) is 4. The van der Waals surface area contributed by atoms with E-state index in [-0.39, 0.29) is 17.7 Å². The predicted molar refractivity (Wildman–Crippen MR) is 63.7 cm³/mol. The molecule has 98 valence electrons. The van der Waals surface area contributed by atoms with Gasteiger partial charge in [0.25, 0.3) is 0 Å². The van der Waals surface area contributed by atoms with Crippen LogP contribution in [0.1, 0.15) is 40.8 Å². The maximum atomic E-state index is 11.2. The highest BCUT2D eigenvalue weighted by Crippen LogP contribution is 2.29. The SMILES string of the molecule is NC1CCc2c(C(=O)O)nc(C3CCOC3)n2C1. The number of aromatic carboxylic acids is 1. The highest BCUT2D eigenvalue weighted by atomic mass is 16.5. The molecule has 6 nitrogen and oxygen atoms in total. The Hall–Kier alpha value is -1.40. The molecule has 1 aromatic rings. The lowest BCUT2D eigenvalue weighted by molar-refractivity contribution is 0.0689. The van der Waals surface area contributed by atoms with Gasteiger partial charge in [-0.1, -0.05) is 0 Å². The minimum absolute atomic E-state index is 0.0921. The summed E-state index contributed by atoms with van der Waals surface area (Å²) in [5, 5.41) is 9.22. The summed E-state index contributed by atoms with van der Waals surface area (Å²) in [5.41, 5.74) is 7.00. The van der Waals surface area contributed by atoms with Crippen LogP contribution in [0.25, 0.3) is 0 Å². The Balaban J connectivity index is 2.05. The van der Waals surface area contributed by atoms with Crippen molar-refractivity contribution in [3.05, 3.63) is 17.2 Å². The molecule has 0 bridgehead atoms.